The van der Waals surface area contributed by atoms with Crippen LogP contribution in [0.1, 0.15) is 57.8 Å². The van der Waals surface area contributed by atoms with E-state index in [1.54, 1.807) is 0 Å². The molecule has 2 atom stereocenters. The Kier molecular flexibility index (Phi) is 5.34. The molecule has 0 aromatic rings. The summed E-state index contributed by atoms with van der Waals surface area (Å²) in [6.07, 6.45) is 9.36. The van der Waals surface area contributed by atoms with E-state index in [4.69, 9.17) is 22.9 Å². The zero-order valence-electron chi connectivity index (χ0n) is 10.7. The fourth-order valence-electron chi connectivity index (χ4n) is 2.42. The lowest BCUT2D eigenvalue weighted by Crippen LogP contribution is -2.56. The average molecular weight is 244 g/mol. The molecule has 102 valence electrons. The maximum Gasteiger partial charge on any atom is 0.128 e. The van der Waals surface area contributed by atoms with Crippen LogP contribution >= 0.6 is 0 Å². The molecule has 17 heavy (non-hydrogen) atoms. The third-order valence-electron chi connectivity index (χ3n) is 3.77. The van der Waals surface area contributed by atoms with Crippen LogP contribution < -0.4 is 22.9 Å². The molecule has 2 fully saturated rings. The standard InChI is InChI=1S/C6H14N2O.C6H14N2/c7-5-3-1-2-4-6(5,8)9;7-6(8)4-2-1-3-5-6/h5,9H,1-4,7-8H2;1-5,7-8H2/t5-,6+;/m1./s1. The Hall–Kier alpha value is -0.200. The lowest BCUT2D eigenvalue weighted by molar-refractivity contribution is -0.00820. The molecule has 5 nitrogen and oxygen atoms in total. The van der Waals surface area contributed by atoms with Gasteiger partial charge in [0.2, 0.25) is 0 Å². The van der Waals surface area contributed by atoms with Gasteiger partial charge in [0.05, 0.1) is 5.66 Å². The highest BCUT2D eigenvalue weighted by Gasteiger charge is 2.31. The molecular formula is C12H28N4O. The van der Waals surface area contributed by atoms with Gasteiger partial charge in [-0.15, -0.1) is 0 Å². The highest BCUT2D eigenvalue weighted by Crippen LogP contribution is 2.22. The van der Waals surface area contributed by atoms with Crippen molar-refractivity contribution in [2.75, 3.05) is 0 Å². The SMILES string of the molecule is NC1(N)CCCCC1.N[C@@H]1CCCC[C@]1(N)O. The zero-order valence-corrected chi connectivity index (χ0v) is 10.7. The summed E-state index contributed by atoms with van der Waals surface area (Å²) < 4.78 is 0. The minimum atomic E-state index is -1.09. The largest absolute Gasteiger partial charge is 0.374 e. The van der Waals surface area contributed by atoms with Gasteiger partial charge < -0.3 is 28.0 Å². The molecule has 5 heteroatoms. The van der Waals surface area contributed by atoms with E-state index in [9.17, 15) is 5.11 Å². The van der Waals surface area contributed by atoms with Crippen LogP contribution in [0, 0.1) is 0 Å². The van der Waals surface area contributed by atoms with Crippen molar-refractivity contribution in [3.05, 3.63) is 0 Å². The highest BCUT2D eigenvalue weighted by atomic mass is 16.3. The summed E-state index contributed by atoms with van der Waals surface area (Å²) in [5.41, 5.74) is 20.9. The van der Waals surface area contributed by atoms with Gasteiger partial charge in [0.15, 0.2) is 0 Å². The van der Waals surface area contributed by atoms with Crippen molar-refractivity contribution in [1.29, 1.82) is 0 Å². The second kappa shape index (κ2) is 6.11. The number of aliphatic hydroxyl groups is 1. The van der Waals surface area contributed by atoms with E-state index in [0.29, 0.717) is 6.42 Å². The summed E-state index contributed by atoms with van der Waals surface area (Å²) in [6.45, 7) is 0. The molecule has 0 aromatic heterocycles. The molecule has 0 heterocycles. The van der Waals surface area contributed by atoms with Crippen molar-refractivity contribution in [3.8, 4) is 0 Å². The predicted molar refractivity (Wildman–Crippen MR) is 69.8 cm³/mol. The fourth-order valence-corrected chi connectivity index (χ4v) is 2.42. The van der Waals surface area contributed by atoms with Crippen molar-refractivity contribution in [3.63, 3.8) is 0 Å². The Morgan fingerprint density at radius 3 is 1.65 bits per heavy atom. The quantitative estimate of drug-likeness (QED) is 0.386. The van der Waals surface area contributed by atoms with Gasteiger partial charge in [-0.1, -0.05) is 25.7 Å². The zero-order chi connectivity index (χ0) is 12.9. The van der Waals surface area contributed by atoms with E-state index in [1.807, 2.05) is 0 Å². The average Bonchev–Trinajstić information content (AvgIpc) is 2.23. The molecular weight excluding hydrogens is 216 g/mol. The molecule has 9 N–H and O–H groups in total. The van der Waals surface area contributed by atoms with Crippen molar-refractivity contribution in [2.45, 2.75) is 75.2 Å². The molecule has 0 saturated heterocycles. The van der Waals surface area contributed by atoms with Crippen molar-refractivity contribution in [1.82, 2.24) is 0 Å². The van der Waals surface area contributed by atoms with E-state index in [-0.39, 0.29) is 11.7 Å². The molecule has 0 unspecified atom stereocenters. The Morgan fingerprint density at radius 1 is 0.824 bits per heavy atom. The maximum absolute atomic E-state index is 9.30. The Morgan fingerprint density at radius 2 is 1.35 bits per heavy atom. The Balaban J connectivity index is 0.000000171. The van der Waals surface area contributed by atoms with Gasteiger partial charge in [-0.05, 0) is 32.1 Å². The van der Waals surface area contributed by atoms with Gasteiger partial charge in [0.25, 0.3) is 0 Å². The fraction of sp³-hybridized carbons (Fsp3) is 1.00. The summed E-state index contributed by atoms with van der Waals surface area (Å²) >= 11 is 0. The number of rotatable bonds is 0. The number of hydrogen-bond acceptors (Lipinski definition) is 5. The number of nitrogens with two attached hydrogens (primary N) is 4. The molecule has 0 bridgehead atoms. The highest BCUT2D eigenvalue weighted by molar-refractivity contribution is 4.87. The van der Waals surface area contributed by atoms with E-state index in [0.717, 1.165) is 32.1 Å². The van der Waals surface area contributed by atoms with Crippen LogP contribution in [0.15, 0.2) is 0 Å². The molecule has 0 amide bonds. The normalized spacial score (nSPS) is 36.9. The second-order valence-corrected chi connectivity index (χ2v) is 5.64. The summed E-state index contributed by atoms with van der Waals surface area (Å²) in [7, 11) is 0. The Labute approximate surface area is 104 Å². The van der Waals surface area contributed by atoms with E-state index < -0.39 is 5.72 Å². The first kappa shape index (κ1) is 14.9. The van der Waals surface area contributed by atoms with Crippen LogP contribution in [-0.2, 0) is 0 Å². The minimum Gasteiger partial charge on any atom is -0.374 e. The molecule has 2 rings (SSSR count). The first-order valence-corrected chi connectivity index (χ1v) is 6.68. The smallest absolute Gasteiger partial charge is 0.128 e. The maximum atomic E-state index is 9.30. The van der Waals surface area contributed by atoms with Crippen LogP contribution in [0.5, 0.6) is 0 Å². The number of hydrogen-bond donors (Lipinski definition) is 5. The van der Waals surface area contributed by atoms with Crippen molar-refractivity contribution < 1.29 is 5.11 Å². The van der Waals surface area contributed by atoms with Crippen LogP contribution in [-0.4, -0.2) is 22.5 Å². The third kappa shape index (κ3) is 5.31. The van der Waals surface area contributed by atoms with Gasteiger partial charge in [-0.3, -0.25) is 0 Å². The Bertz CT molecular complexity index is 223. The molecule has 0 spiro atoms. The lowest BCUT2D eigenvalue weighted by Gasteiger charge is -2.33. The van der Waals surface area contributed by atoms with Gasteiger partial charge >= 0.3 is 0 Å². The van der Waals surface area contributed by atoms with Crippen molar-refractivity contribution in [2.24, 2.45) is 22.9 Å². The second-order valence-electron chi connectivity index (χ2n) is 5.64. The molecule has 2 aliphatic rings. The topological polar surface area (TPSA) is 124 Å². The first-order valence-electron chi connectivity index (χ1n) is 6.68. The monoisotopic (exact) mass is 244 g/mol. The van der Waals surface area contributed by atoms with E-state index in [1.165, 1.54) is 19.3 Å². The van der Waals surface area contributed by atoms with Gasteiger partial charge in [-0.25, -0.2) is 0 Å². The molecule has 2 aliphatic carbocycles. The van der Waals surface area contributed by atoms with E-state index in [2.05, 4.69) is 0 Å². The third-order valence-corrected chi connectivity index (χ3v) is 3.77. The first-order chi connectivity index (χ1) is 7.83. The van der Waals surface area contributed by atoms with Gasteiger partial charge in [0, 0.05) is 6.04 Å². The van der Waals surface area contributed by atoms with E-state index >= 15 is 0 Å². The summed E-state index contributed by atoms with van der Waals surface area (Å²) in [5, 5.41) is 9.30. The van der Waals surface area contributed by atoms with Crippen molar-refractivity contribution >= 4 is 0 Å². The molecule has 0 aliphatic heterocycles. The molecule has 0 aromatic carbocycles. The lowest BCUT2D eigenvalue weighted by atomic mass is 9.88. The molecule has 2 saturated carbocycles. The van der Waals surface area contributed by atoms with Crippen LogP contribution in [0.2, 0.25) is 0 Å². The van der Waals surface area contributed by atoms with Crippen LogP contribution in [0.4, 0.5) is 0 Å². The van der Waals surface area contributed by atoms with Crippen LogP contribution in [0.25, 0.3) is 0 Å². The summed E-state index contributed by atoms with van der Waals surface area (Å²) in [6, 6.07) is -0.216. The van der Waals surface area contributed by atoms with Crippen LogP contribution in [0.3, 0.4) is 0 Å². The minimum absolute atomic E-state index is 0.216. The predicted octanol–water partition coefficient (Wildman–Crippen LogP) is 0.0992. The van der Waals surface area contributed by atoms with Gasteiger partial charge in [-0.2, -0.15) is 0 Å². The molecule has 0 radical (unpaired) electrons. The summed E-state index contributed by atoms with van der Waals surface area (Å²) in [4.78, 5) is 0. The van der Waals surface area contributed by atoms with Gasteiger partial charge in [0.1, 0.15) is 5.72 Å². The summed E-state index contributed by atoms with van der Waals surface area (Å²) in [5.74, 6) is 0.